The molecule has 0 saturated carbocycles. The van der Waals surface area contributed by atoms with E-state index in [2.05, 4.69) is 21.1 Å². The summed E-state index contributed by atoms with van der Waals surface area (Å²) in [7, 11) is -3.37. The van der Waals surface area contributed by atoms with Crippen LogP contribution in [-0.4, -0.2) is 32.0 Å². The predicted molar refractivity (Wildman–Crippen MR) is 75.8 cm³/mol. The molecular formula is C12H11BrN2O4S. The molecule has 2 heterocycles. The van der Waals surface area contributed by atoms with Gasteiger partial charge in [-0.05, 0) is 33.6 Å². The molecule has 1 aromatic heterocycles. The maximum Gasteiger partial charge on any atom is 0.229 e. The summed E-state index contributed by atoms with van der Waals surface area (Å²) < 4.78 is 34.9. The van der Waals surface area contributed by atoms with Gasteiger partial charge in [-0.15, -0.1) is 0 Å². The highest BCUT2D eigenvalue weighted by Gasteiger charge is 2.35. The Morgan fingerprint density at radius 3 is 2.60 bits per heavy atom. The molecule has 3 rings (SSSR count). The summed E-state index contributed by atoms with van der Waals surface area (Å²) in [4.78, 5) is 0.254. The fourth-order valence-electron chi connectivity index (χ4n) is 1.94. The van der Waals surface area contributed by atoms with Gasteiger partial charge < -0.3 is 15.0 Å². The summed E-state index contributed by atoms with van der Waals surface area (Å²) in [5, 5.41) is 3.13. The standard InChI is InChI=1S/C12H11BrN2O4S/c13-10-3-7(9-4-15-19-12(9)14)1-2-11(10)20(16,17)8-5-18-6-8/h1-4,8H,5-6,14H2. The number of nitrogens with two attached hydrogens (primary N) is 1. The highest BCUT2D eigenvalue weighted by Crippen LogP contribution is 2.33. The topological polar surface area (TPSA) is 95.4 Å². The van der Waals surface area contributed by atoms with Crippen molar-refractivity contribution in [3.05, 3.63) is 28.9 Å². The van der Waals surface area contributed by atoms with Gasteiger partial charge in [-0.25, -0.2) is 8.42 Å². The van der Waals surface area contributed by atoms with E-state index in [1.807, 2.05) is 0 Å². The van der Waals surface area contributed by atoms with Crippen LogP contribution in [-0.2, 0) is 14.6 Å². The van der Waals surface area contributed by atoms with Crippen LogP contribution in [0.15, 0.2) is 38.3 Å². The number of hydrogen-bond donors (Lipinski definition) is 1. The van der Waals surface area contributed by atoms with Crippen LogP contribution in [0.1, 0.15) is 0 Å². The second-order valence-electron chi connectivity index (χ2n) is 4.45. The minimum atomic E-state index is -3.37. The fourth-order valence-corrected chi connectivity index (χ4v) is 4.49. The summed E-state index contributed by atoms with van der Waals surface area (Å²) in [6.45, 7) is 0.490. The van der Waals surface area contributed by atoms with Gasteiger partial charge in [0.15, 0.2) is 9.84 Å². The summed E-state index contributed by atoms with van der Waals surface area (Å²) in [6, 6.07) is 4.93. The van der Waals surface area contributed by atoms with E-state index in [1.54, 1.807) is 18.2 Å². The third-order valence-corrected chi connectivity index (χ3v) is 6.23. The Labute approximate surface area is 123 Å². The van der Waals surface area contributed by atoms with Crippen molar-refractivity contribution < 1.29 is 17.7 Å². The SMILES string of the molecule is Nc1oncc1-c1ccc(S(=O)(=O)C2COC2)c(Br)c1. The molecule has 0 atom stereocenters. The molecule has 1 saturated heterocycles. The Balaban J connectivity index is 2.02. The van der Waals surface area contributed by atoms with Crippen molar-refractivity contribution in [2.24, 2.45) is 0 Å². The Morgan fingerprint density at radius 1 is 1.35 bits per heavy atom. The first kappa shape index (κ1) is 13.6. The highest BCUT2D eigenvalue weighted by molar-refractivity contribution is 9.10. The minimum absolute atomic E-state index is 0.194. The van der Waals surface area contributed by atoms with E-state index in [9.17, 15) is 8.42 Å². The second-order valence-corrected chi connectivity index (χ2v) is 7.50. The van der Waals surface area contributed by atoms with E-state index in [4.69, 9.17) is 15.0 Å². The zero-order chi connectivity index (χ0) is 14.3. The van der Waals surface area contributed by atoms with Gasteiger partial charge in [-0.2, -0.15) is 0 Å². The average molecular weight is 359 g/mol. The lowest BCUT2D eigenvalue weighted by atomic mass is 10.1. The third kappa shape index (κ3) is 2.13. The molecule has 0 bridgehead atoms. The lowest BCUT2D eigenvalue weighted by Crippen LogP contribution is -2.40. The summed E-state index contributed by atoms with van der Waals surface area (Å²) in [6.07, 6.45) is 1.49. The Kier molecular flexibility index (Phi) is 3.31. The largest absolute Gasteiger partial charge is 0.379 e. The number of rotatable bonds is 3. The molecule has 106 valence electrons. The Hall–Kier alpha value is -1.38. The molecule has 8 heteroatoms. The molecule has 1 fully saturated rings. The first-order valence-electron chi connectivity index (χ1n) is 5.82. The smallest absolute Gasteiger partial charge is 0.229 e. The van der Waals surface area contributed by atoms with Crippen LogP contribution in [0.25, 0.3) is 11.1 Å². The summed E-state index contributed by atoms with van der Waals surface area (Å²) in [5.74, 6) is 0.194. The van der Waals surface area contributed by atoms with Crippen LogP contribution in [0.5, 0.6) is 0 Å². The van der Waals surface area contributed by atoms with Gasteiger partial charge in [0.2, 0.25) is 5.88 Å². The van der Waals surface area contributed by atoms with Crippen LogP contribution < -0.4 is 5.73 Å². The Bertz CT molecular complexity index is 753. The average Bonchev–Trinajstić information content (AvgIpc) is 2.71. The van der Waals surface area contributed by atoms with Crippen LogP contribution in [0.3, 0.4) is 0 Å². The normalized spacial score (nSPS) is 16.1. The number of nitrogens with zero attached hydrogens (tertiary/aromatic N) is 1. The summed E-state index contributed by atoms with van der Waals surface area (Å²) >= 11 is 3.30. The highest BCUT2D eigenvalue weighted by atomic mass is 79.9. The number of aromatic nitrogens is 1. The molecule has 1 aromatic carbocycles. The van der Waals surface area contributed by atoms with Crippen molar-refractivity contribution in [3.8, 4) is 11.1 Å². The molecule has 2 N–H and O–H groups in total. The molecule has 0 spiro atoms. The van der Waals surface area contributed by atoms with E-state index in [-0.39, 0.29) is 24.0 Å². The van der Waals surface area contributed by atoms with Gasteiger partial charge in [0.05, 0.1) is 29.9 Å². The Morgan fingerprint density at radius 2 is 2.10 bits per heavy atom. The molecule has 0 unspecified atom stereocenters. The lowest BCUT2D eigenvalue weighted by molar-refractivity contribution is 0.0416. The zero-order valence-corrected chi connectivity index (χ0v) is 12.6. The van der Waals surface area contributed by atoms with E-state index in [0.29, 0.717) is 10.0 Å². The maximum atomic E-state index is 12.3. The second kappa shape index (κ2) is 4.87. The number of sulfone groups is 1. The molecule has 1 aliphatic rings. The van der Waals surface area contributed by atoms with Crippen LogP contribution >= 0.6 is 15.9 Å². The molecule has 2 aromatic rings. The van der Waals surface area contributed by atoms with Crippen LogP contribution in [0.4, 0.5) is 5.88 Å². The maximum absolute atomic E-state index is 12.3. The molecular weight excluding hydrogens is 348 g/mol. The number of benzene rings is 1. The van der Waals surface area contributed by atoms with Crippen molar-refractivity contribution in [3.63, 3.8) is 0 Å². The van der Waals surface area contributed by atoms with E-state index >= 15 is 0 Å². The number of ether oxygens (including phenoxy) is 1. The predicted octanol–water partition coefficient (Wildman–Crippen LogP) is 1.86. The van der Waals surface area contributed by atoms with Gasteiger partial charge in [0.25, 0.3) is 0 Å². The van der Waals surface area contributed by atoms with Crippen LogP contribution in [0.2, 0.25) is 0 Å². The van der Waals surface area contributed by atoms with Gasteiger partial charge in [0, 0.05) is 4.47 Å². The number of anilines is 1. The number of nitrogen functional groups attached to an aromatic ring is 1. The van der Waals surface area contributed by atoms with Crippen molar-refractivity contribution >= 4 is 31.7 Å². The number of hydrogen-bond acceptors (Lipinski definition) is 6. The fraction of sp³-hybridized carbons (Fsp3) is 0.250. The molecule has 0 aliphatic carbocycles. The van der Waals surface area contributed by atoms with Crippen molar-refractivity contribution in [1.82, 2.24) is 5.16 Å². The monoisotopic (exact) mass is 358 g/mol. The van der Waals surface area contributed by atoms with Gasteiger partial charge in [-0.3, -0.25) is 0 Å². The lowest BCUT2D eigenvalue weighted by Gasteiger charge is -2.26. The van der Waals surface area contributed by atoms with E-state index in [0.717, 1.165) is 5.56 Å². The van der Waals surface area contributed by atoms with Crippen molar-refractivity contribution in [2.45, 2.75) is 10.1 Å². The van der Waals surface area contributed by atoms with Crippen molar-refractivity contribution in [1.29, 1.82) is 0 Å². The quantitative estimate of drug-likeness (QED) is 0.899. The summed E-state index contributed by atoms with van der Waals surface area (Å²) in [5.41, 5.74) is 7.01. The molecule has 1 aliphatic heterocycles. The van der Waals surface area contributed by atoms with E-state index < -0.39 is 15.1 Å². The van der Waals surface area contributed by atoms with Gasteiger partial charge in [0.1, 0.15) is 5.25 Å². The van der Waals surface area contributed by atoms with Gasteiger partial charge >= 0.3 is 0 Å². The molecule has 0 radical (unpaired) electrons. The van der Waals surface area contributed by atoms with Crippen LogP contribution in [0, 0.1) is 0 Å². The van der Waals surface area contributed by atoms with Crippen molar-refractivity contribution in [2.75, 3.05) is 18.9 Å². The molecule has 6 nitrogen and oxygen atoms in total. The first-order chi connectivity index (χ1) is 9.50. The zero-order valence-electron chi connectivity index (χ0n) is 10.2. The molecule has 0 amide bonds. The minimum Gasteiger partial charge on any atom is -0.379 e. The van der Waals surface area contributed by atoms with E-state index in [1.165, 1.54) is 6.20 Å². The number of halogens is 1. The first-order valence-corrected chi connectivity index (χ1v) is 8.16. The van der Waals surface area contributed by atoms with Gasteiger partial charge in [-0.1, -0.05) is 11.2 Å². The third-order valence-electron chi connectivity index (χ3n) is 3.19. The molecule has 20 heavy (non-hydrogen) atoms.